The highest BCUT2D eigenvalue weighted by Gasteiger charge is 2.04. The van der Waals surface area contributed by atoms with Crippen LogP contribution in [0.5, 0.6) is 17.2 Å². The molecule has 23 heavy (non-hydrogen) atoms. The first kappa shape index (κ1) is 17.2. The van der Waals surface area contributed by atoms with Gasteiger partial charge >= 0.3 is 0 Å². The highest BCUT2D eigenvalue weighted by molar-refractivity contribution is 5.39. The van der Waals surface area contributed by atoms with Crippen molar-refractivity contribution < 1.29 is 14.2 Å². The van der Waals surface area contributed by atoms with Gasteiger partial charge in [0.1, 0.15) is 19.0 Å². The maximum absolute atomic E-state index is 5.74. The summed E-state index contributed by atoms with van der Waals surface area (Å²) < 4.78 is 17.0. The topological polar surface area (TPSA) is 27.7 Å². The van der Waals surface area contributed by atoms with Crippen LogP contribution >= 0.6 is 0 Å². The Hall–Kier alpha value is -2.16. The third-order valence-corrected chi connectivity index (χ3v) is 3.82. The van der Waals surface area contributed by atoms with E-state index in [1.165, 1.54) is 5.56 Å². The van der Waals surface area contributed by atoms with Crippen molar-refractivity contribution in [1.29, 1.82) is 0 Å². The fourth-order valence-corrected chi connectivity index (χ4v) is 2.28. The van der Waals surface area contributed by atoms with Gasteiger partial charge in [0.2, 0.25) is 0 Å². The SMILES string of the molecule is CCOc1ccccc1OCCOc1ccc(C(C)CC)cc1. The molecule has 0 amide bonds. The third kappa shape index (κ3) is 5.20. The minimum Gasteiger partial charge on any atom is -0.490 e. The summed E-state index contributed by atoms with van der Waals surface area (Å²) in [5, 5.41) is 0. The Morgan fingerprint density at radius 3 is 2.00 bits per heavy atom. The van der Waals surface area contributed by atoms with Crippen LogP contribution in [0.3, 0.4) is 0 Å². The van der Waals surface area contributed by atoms with Crippen LogP contribution < -0.4 is 14.2 Å². The van der Waals surface area contributed by atoms with E-state index in [9.17, 15) is 0 Å². The molecule has 0 aliphatic heterocycles. The molecule has 0 heterocycles. The average molecular weight is 314 g/mol. The molecule has 3 heteroatoms. The molecule has 2 rings (SSSR count). The van der Waals surface area contributed by atoms with Crippen molar-refractivity contribution in [2.24, 2.45) is 0 Å². The number of hydrogen-bond donors (Lipinski definition) is 0. The Morgan fingerprint density at radius 1 is 0.783 bits per heavy atom. The number of rotatable bonds is 9. The summed E-state index contributed by atoms with van der Waals surface area (Å²) in [5.41, 5.74) is 1.35. The smallest absolute Gasteiger partial charge is 0.161 e. The average Bonchev–Trinajstić information content (AvgIpc) is 2.60. The number of hydrogen-bond acceptors (Lipinski definition) is 3. The summed E-state index contributed by atoms with van der Waals surface area (Å²) in [4.78, 5) is 0. The molecular formula is C20H26O3. The lowest BCUT2D eigenvalue weighted by Gasteiger charge is -2.13. The van der Waals surface area contributed by atoms with E-state index >= 15 is 0 Å². The molecule has 0 bridgehead atoms. The van der Waals surface area contributed by atoms with Gasteiger partial charge in [-0.15, -0.1) is 0 Å². The van der Waals surface area contributed by atoms with E-state index in [0.29, 0.717) is 25.7 Å². The van der Waals surface area contributed by atoms with Crippen LogP contribution in [0.4, 0.5) is 0 Å². The van der Waals surface area contributed by atoms with Crippen molar-refractivity contribution in [3.8, 4) is 17.2 Å². The van der Waals surface area contributed by atoms with Crippen LogP contribution in [-0.4, -0.2) is 19.8 Å². The monoisotopic (exact) mass is 314 g/mol. The first-order valence-electron chi connectivity index (χ1n) is 8.32. The lowest BCUT2D eigenvalue weighted by atomic mass is 9.99. The summed E-state index contributed by atoms with van der Waals surface area (Å²) in [7, 11) is 0. The van der Waals surface area contributed by atoms with Crippen molar-refractivity contribution >= 4 is 0 Å². The zero-order valence-electron chi connectivity index (χ0n) is 14.2. The first-order chi connectivity index (χ1) is 11.2. The molecule has 0 N–H and O–H groups in total. The highest BCUT2D eigenvalue weighted by atomic mass is 16.5. The molecule has 0 aliphatic rings. The molecule has 0 fully saturated rings. The molecular weight excluding hydrogens is 288 g/mol. The molecule has 0 saturated carbocycles. The van der Waals surface area contributed by atoms with Gasteiger partial charge in [-0.1, -0.05) is 38.1 Å². The van der Waals surface area contributed by atoms with E-state index in [0.717, 1.165) is 23.7 Å². The van der Waals surface area contributed by atoms with Crippen LogP contribution in [-0.2, 0) is 0 Å². The van der Waals surface area contributed by atoms with Crippen LogP contribution in [0.1, 0.15) is 38.7 Å². The second-order valence-electron chi connectivity index (χ2n) is 5.46. The van der Waals surface area contributed by atoms with Crippen molar-refractivity contribution in [1.82, 2.24) is 0 Å². The molecule has 2 aromatic rings. The maximum Gasteiger partial charge on any atom is 0.161 e. The van der Waals surface area contributed by atoms with Crippen molar-refractivity contribution in [2.45, 2.75) is 33.1 Å². The maximum atomic E-state index is 5.74. The van der Waals surface area contributed by atoms with E-state index in [4.69, 9.17) is 14.2 Å². The normalized spacial score (nSPS) is 11.8. The Bertz CT molecular complexity index is 578. The van der Waals surface area contributed by atoms with Gasteiger partial charge in [0.05, 0.1) is 6.61 Å². The van der Waals surface area contributed by atoms with E-state index in [1.54, 1.807) is 0 Å². The predicted octanol–water partition coefficient (Wildman–Crippen LogP) is 5.06. The Labute approximate surface area is 139 Å². The summed E-state index contributed by atoms with van der Waals surface area (Å²) in [6, 6.07) is 16.0. The summed E-state index contributed by atoms with van der Waals surface area (Å²) >= 11 is 0. The zero-order valence-corrected chi connectivity index (χ0v) is 14.2. The van der Waals surface area contributed by atoms with Gasteiger partial charge in [0, 0.05) is 0 Å². The van der Waals surface area contributed by atoms with E-state index < -0.39 is 0 Å². The number of para-hydroxylation sites is 2. The fourth-order valence-electron chi connectivity index (χ4n) is 2.28. The second-order valence-corrected chi connectivity index (χ2v) is 5.46. The number of ether oxygens (including phenoxy) is 3. The van der Waals surface area contributed by atoms with Crippen LogP contribution in [0.2, 0.25) is 0 Å². The van der Waals surface area contributed by atoms with E-state index in [1.807, 2.05) is 43.3 Å². The van der Waals surface area contributed by atoms with Gasteiger partial charge in [-0.25, -0.2) is 0 Å². The molecule has 3 nitrogen and oxygen atoms in total. The molecule has 2 aromatic carbocycles. The van der Waals surface area contributed by atoms with Gasteiger partial charge in [0.25, 0.3) is 0 Å². The second kappa shape index (κ2) is 9.09. The first-order valence-corrected chi connectivity index (χ1v) is 8.32. The summed E-state index contributed by atoms with van der Waals surface area (Å²) in [6.45, 7) is 8.01. The molecule has 0 aromatic heterocycles. The zero-order chi connectivity index (χ0) is 16.5. The van der Waals surface area contributed by atoms with Crippen LogP contribution in [0.15, 0.2) is 48.5 Å². The van der Waals surface area contributed by atoms with Gasteiger partial charge in [-0.3, -0.25) is 0 Å². The summed E-state index contributed by atoms with van der Waals surface area (Å²) in [5.74, 6) is 2.99. The third-order valence-electron chi connectivity index (χ3n) is 3.82. The predicted molar refractivity (Wildman–Crippen MR) is 93.7 cm³/mol. The molecule has 0 saturated heterocycles. The van der Waals surface area contributed by atoms with Gasteiger partial charge in [-0.05, 0) is 49.1 Å². The Kier molecular flexibility index (Phi) is 6.79. The van der Waals surface area contributed by atoms with E-state index in [-0.39, 0.29) is 0 Å². The summed E-state index contributed by atoms with van der Waals surface area (Å²) in [6.07, 6.45) is 1.15. The van der Waals surface area contributed by atoms with Crippen LogP contribution in [0, 0.1) is 0 Å². The highest BCUT2D eigenvalue weighted by Crippen LogP contribution is 2.26. The lowest BCUT2D eigenvalue weighted by molar-refractivity contribution is 0.208. The lowest BCUT2D eigenvalue weighted by Crippen LogP contribution is -2.09. The molecule has 124 valence electrons. The Balaban J connectivity index is 1.79. The largest absolute Gasteiger partial charge is 0.490 e. The van der Waals surface area contributed by atoms with Gasteiger partial charge in [-0.2, -0.15) is 0 Å². The van der Waals surface area contributed by atoms with Crippen molar-refractivity contribution in [3.63, 3.8) is 0 Å². The Morgan fingerprint density at radius 2 is 1.39 bits per heavy atom. The molecule has 1 unspecified atom stereocenters. The molecule has 0 radical (unpaired) electrons. The van der Waals surface area contributed by atoms with E-state index in [2.05, 4.69) is 26.0 Å². The van der Waals surface area contributed by atoms with Gasteiger partial charge < -0.3 is 14.2 Å². The quantitative estimate of drug-likeness (QED) is 0.606. The standard InChI is InChI=1S/C20H26O3/c1-4-16(3)17-10-12-18(13-11-17)22-14-15-23-20-9-7-6-8-19(20)21-5-2/h6-13,16H,4-5,14-15H2,1-3H3. The minimum atomic E-state index is 0.483. The molecule has 1 atom stereocenters. The minimum absolute atomic E-state index is 0.483. The fraction of sp³-hybridized carbons (Fsp3) is 0.400. The van der Waals surface area contributed by atoms with Crippen molar-refractivity contribution in [2.75, 3.05) is 19.8 Å². The van der Waals surface area contributed by atoms with Gasteiger partial charge in [0.15, 0.2) is 11.5 Å². The molecule has 0 aliphatic carbocycles. The molecule has 0 spiro atoms. The number of benzene rings is 2. The van der Waals surface area contributed by atoms with Crippen molar-refractivity contribution in [3.05, 3.63) is 54.1 Å². The van der Waals surface area contributed by atoms with Crippen LogP contribution in [0.25, 0.3) is 0 Å².